The molecule has 0 aliphatic carbocycles. The molecule has 0 radical (unpaired) electrons. The summed E-state index contributed by atoms with van der Waals surface area (Å²) < 4.78 is 0. The molecule has 0 heterocycles. The second kappa shape index (κ2) is 6.00. The SMILES string of the molecule is CC(C)/N=C\N(CCO)C(C)C. The Kier molecular flexibility index (Phi) is 5.72. The molecule has 3 nitrogen and oxygen atoms in total. The minimum Gasteiger partial charge on any atom is -0.395 e. The van der Waals surface area contributed by atoms with Gasteiger partial charge >= 0.3 is 0 Å². The van der Waals surface area contributed by atoms with E-state index in [1.165, 1.54) is 0 Å². The maximum Gasteiger partial charge on any atom is 0.0856 e. The van der Waals surface area contributed by atoms with Gasteiger partial charge in [-0.2, -0.15) is 0 Å². The van der Waals surface area contributed by atoms with Gasteiger partial charge in [-0.1, -0.05) is 0 Å². The van der Waals surface area contributed by atoms with Crippen LogP contribution < -0.4 is 0 Å². The molecule has 0 aromatic heterocycles. The van der Waals surface area contributed by atoms with Crippen LogP contribution in [0, 0.1) is 0 Å². The van der Waals surface area contributed by atoms with Crippen LogP contribution in [0.1, 0.15) is 27.7 Å². The van der Waals surface area contributed by atoms with E-state index in [4.69, 9.17) is 5.11 Å². The first-order valence-corrected chi connectivity index (χ1v) is 4.47. The fraction of sp³-hybridized carbons (Fsp3) is 0.889. The van der Waals surface area contributed by atoms with Crippen molar-refractivity contribution in [1.82, 2.24) is 4.90 Å². The smallest absolute Gasteiger partial charge is 0.0856 e. The third-order valence-electron chi connectivity index (χ3n) is 1.53. The lowest BCUT2D eigenvalue weighted by Gasteiger charge is -2.22. The first-order valence-electron chi connectivity index (χ1n) is 4.47. The Morgan fingerprint density at radius 3 is 2.25 bits per heavy atom. The summed E-state index contributed by atoms with van der Waals surface area (Å²) in [7, 11) is 0. The topological polar surface area (TPSA) is 35.8 Å². The van der Waals surface area contributed by atoms with E-state index in [-0.39, 0.29) is 6.61 Å². The molecule has 72 valence electrons. The van der Waals surface area contributed by atoms with Gasteiger partial charge in [0.05, 0.1) is 12.9 Å². The first kappa shape index (κ1) is 11.4. The van der Waals surface area contributed by atoms with Gasteiger partial charge < -0.3 is 10.0 Å². The second-order valence-corrected chi connectivity index (χ2v) is 3.41. The predicted molar refractivity (Wildman–Crippen MR) is 52.6 cm³/mol. The molecule has 3 heteroatoms. The average Bonchev–Trinajstić information content (AvgIpc) is 1.96. The van der Waals surface area contributed by atoms with E-state index in [0.717, 1.165) is 0 Å². The van der Waals surface area contributed by atoms with Gasteiger partial charge in [-0.15, -0.1) is 0 Å². The van der Waals surface area contributed by atoms with Crippen LogP contribution in [0.5, 0.6) is 0 Å². The summed E-state index contributed by atoms with van der Waals surface area (Å²) in [5.41, 5.74) is 0. The van der Waals surface area contributed by atoms with Crippen molar-refractivity contribution >= 4 is 6.34 Å². The Hall–Kier alpha value is -0.570. The molecule has 0 rings (SSSR count). The molecule has 0 unspecified atom stereocenters. The summed E-state index contributed by atoms with van der Waals surface area (Å²) in [5.74, 6) is 0. The summed E-state index contributed by atoms with van der Waals surface area (Å²) in [6.45, 7) is 9.09. The Bertz CT molecular complexity index is 132. The molecule has 0 atom stereocenters. The van der Waals surface area contributed by atoms with Gasteiger partial charge in [-0.25, -0.2) is 0 Å². The van der Waals surface area contributed by atoms with Crippen molar-refractivity contribution in [3.05, 3.63) is 0 Å². The van der Waals surface area contributed by atoms with Crippen molar-refractivity contribution < 1.29 is 5.11 Å². The van der Waals surface area contributed by atoms with Gasteiger partial charge in [0.2, 0.25) is 0 Å². The molecule has 0 amide bonds. The fourth-order valence-electron chi connectivity index (χ4n) is 0.784. The quantitative estimate of drug-likeness (QED) is 0.498. The molecule has 0 aromatic rings. The van der Waals surface area contributed by atoms with Gasteiger partial charge in [-0.3, -0.25) is 4.99 Å². The molecule has 0 aromatic carbocycles. The largest absolute Gasteiger partial charge is 0.395 e. The van der Waals surface area contributed by atoms with Crippen LogP contribution in [0.15, 0.2) is 4.99 Å². The molecule has 0 fully saturated rings. The Balaban J connectivity index is 3.94. The molecule has 0 aliphatic heterocycles. The van der Waals surface area contributed by atoms with Gasteiger partial charge in [0.15, 0.2) is 0 Å². The fourth-order valence-corrected chi connectivity index (χ4v) is 0.784. The van der Waals surface area contributed by atoms with Crippen LogP contribution in [0.2, 0.25) is 0 Å². The highest BCUT2D eigenvalue weighted by Gasteiger charge is 2.02. The monoisotopic (exact) mass is 172 g/mol. The molecule has 0 saturated carbocycles. The summed E-state index contributed by atoms with van der Waals surface area (Å²) in [6, 6.07) is 0.726. The zero-order valence-corrected chi connectivity index (χ0v) is 8.49. The van der Waals surface area contributed by atoms with Gasteiger partial charge in [0, 0.05) is 18.6 Å². The van der Waals surface area contributed by atoms with Crippen molar-refractivity contribution in [1.29, 1.82) is 0 Å². The van der Waals surface area contributed by atoms with E-state index >= 15 is 0 Å². The number of rotatable bonds is 5. The lowest BCUT2D eigenvalue weighted by molar-refractivity contribution is 0.234. The first-order chi connectivity index (χ1) is 5.57. The number of hydrogen-bond acceptors (Lipinski definition) is 2. The van der Waals surface area contributed by atoms with Gasteiger partial charge in [0.25, 0.3) is 0 Å². The van der Waals surface area contributed by atoms with Crippen molar-refractivity contribution in [2.24, 2.45) is 4.99 Å². The Labute approximate surface area is 75.1 Å². The molecule has 1 N–H and O–H groups in total. The molecule has 0 spiro atoms. The van der Waals surface area contributed by atoms with E-state index in [1.807, 2.05) is 25.1 Å². The predicted octanol–water partition coefficient (Wildman–Crippen LogP) is 1.13. The second-order valence-electron chi connectivity index (χ2n) is 3.41. The van der Waals surface area contributed by atoms with Crippen LogP contribution in [-0.2, 0) is 0 Å². The molecule has 0 aliphatic rings. The lowest BCUT2D eigenvalue weighted by Crippen LogP contribution is -2.32. The highest BCUT2D eigenvalue weighted by atomic mass is 16.3. The lowest BCUT2D eigenvalue weighted by atomic mass is 10.3. The summed E-state index contributed by atoms with van der Waals surface area (Å²) in [6.07, 6.45) is 1.82. The Morgan fingerprint density at radius 2 is 1.92 bits per heavy atom. The van der Waals surface area contributed by atoms with E-state index in [9.17, 15) is 0 Å². The molecule has 0 saturated heterocycles. The van der Waals surface area contributed by atoms with E-state index < -0.39 is 0 Å². The van der Waals surface area contributed by atoms with Crippen LogP contribution >= 0.6 is 0 Å². The normalized spacial score (nSPS) is 11.9. The average molecular weight is 172 g/mol. The zero-order valence-electron chi connectivity index (χ0n) is 8.49. The maximum absolute atomic E-state index is 8.75. The minimum absolute atomic E-state index is 0.183. The van der Waals surface area contributed by atoms with Crippen molar-refractivity contribution in [3.63, 3.8) is 0 Å². The number of hydrogen-bond donors (Lipinski definition) is 1. The van der Waals surface area contributed by atoms with Crippen LogP contribution in [0.4, 0.5) is 0 Å². The van der Waals surface area contributed by atoms with Gasteiger partial charge in [-0.05, 0) is 27.7 Å². The third kappa shape index (κ3) is 5.13. The standard InChI is InChI=1S/C9H20N2O/c1-8(2)10-7-11(5-6-12)9(3)4/h7-9,12H,5-6H2,1-4H3/b10-7-. The maximum atomic E-state index is 8.75. The summed E-state index contributed by atoms with van der Waals surface area (Å²) >= 11 is 0. The highest BCUT2D eigenvalue weighted by molar-refractivity contribution is 5.55. The number of nitrogens with zero attached hydrogens (tertiary/aromatic N) is 2. The number of aliphatic hydroxyl groups excluding tert-OH is 1. The van der Waals surface area contributed by atoms with Crippen molar-refractivity contribution in [2.75, 3.05) is 13.2 Å². The van der Waals surface area contributed by atoms with Crippen molar-refractivity contribution in [2.45, 2.75) is 39.8 Å². The van der Waals surface area contributed by atoms with Crippen LogP contribution in [0.3, 0.4) is 0 Å². The molecular weight excluding hydrogens is 152 g/mol. The van der Waals surface area contributed by atoms with Crippen LogP contribution in [-0.4, -0.2) is 41.6 Å². The molecular formula is C9H20N2O. The highest BCUT2D eigenvalue weighted by Crippen LogP contribution is 1.94. The molecule has 12 heavy (non-hydrogen) atoms. The Morgan fingerprint density at radius 1 is 1.33 bits per heavy atom. The zero-order chi connectivity index (χ0) is 9.56. The minimum atomic E-state index is 0.183. The van der Waals surface area contributed by atoms with E-state index in [1.54, 1.807) is 0 Å². The summed E-state index contributed by atoms with van der Waals surface area (Å²) in [4.78, 5) is 6.28. The molecule has 0 bridgehead atoms. The number of aliphatic imine (C=N–C) groups is 1. The van der Waals surface area contributed by atoms with E-state index in [2.05, 4.69) is 18.8 Å². The third-order valence-corrected chi connectivity index (χ3v) is 1.53. The van der Waals surface area contributed by atoms with Crippen LogP contribution in [0.25, 0.3) is 0 Å². The van der Waals surface area contributed by atoms with Crippen molar-refractivity contribution in [3.8, 4) is 0 Å². The van der Waals surface area contributed by atoms with Gasteiger partial charge in [0.1, 0.15) is 0 Å². The summed E-state index contributed by atoms with van der Waals surface area (Å²) in [5, 5.41) is 8.75. The van der Waals surface area contributed by atoms with E-state index in [0.29, 0.717) is 18.6 Å². The number of aliphatic hydroxyl groups is 1.